The van der Waals surface area contributed by atoms with Gasteiger partial charge in [-0.2, -0.15) is 0 Å². The number of para-hydroxylation sites is 1. The molecule has 27 heavy (non-hydrogen) atoms. The Bertz CT molecular complexity index is 1050. The molecule has 0 aromatic heterocycles. The van der Waals surface area contributed by atoms with Gasteiger partial charge < -0.3 is 14.8 Å². The van der Waals surface area contributed by atoms with Gasteiger partial charge in [0.1, 0.15) is 17.2 Å². The van der Waals surface area contributed by atoms with Crippen LogP contribution >= 0.6 is 0 Å². The summed E-state index contributed by atoms with van der Waals surface area (Å²) >= 11 is 0. The van der Waals surface area contributed by atoms with Crippen LogP contribution in [-0.4, -0.2) is 25.8 Å². The zero-order valence-corrected chi connectivity index (χ0v) is 14.9. The van der Waals surface area contributed by atoms with Crippen LogP contribution in [0, 0.1) is 0 Å². The van der Waals surface area contributed by atoms with E-state index in [1.807, 2.05) is 6.07 Å². The molecule has 5 heteroatoms. The molecule has 0 amide bonds. The third-order valence-electron chi connectivity index (χ3n) is 4.64. The summed E-state index contributed by atoms with van der Waals surface area (Å²) in [6.07, 6.45) is 0. The van der Waals surface area contributed by atoms with Crippen LogP contribution < -0.4 is 14.8 Å². The average Bonchev–Trinajstić information content (AvgIpc) is 2.72. The molecule has 3 aromatic rings. The predicted molar refractivity (Wildman–Crippen MR) is 103 cm³/mol. The minimum Gasteiger partial charge on any atom is -0.494 e. The second-order valence-electron chi connectivity index (χ2n) is 6.09. The molecule has 0 atom stereocenters. The summed E-state index contributed by atoms with van der Waals surface area (Å²) in [6.45, 7) is 0. The number of anilines is 2. The first-order valence-electron chi connectivity index (χ1n) is 8.45. The number of ether oxygens (including phenoxy) is 2. The van der Waals surface area contributed by atoms with Crippen LogP contribution in [0.25, 0.3) is 0 Å². The standard InChI is InChI=1S/C22H17NO4/c1-26-17-11-6-12-18(27-2)20(17)23-16-10-5-9-15-19(16)22(25)14-8-4-3-7-13(14)21(15)24/h3-12,23H,1-2H3. The molecule has 0 saturated heterocycles. The molecule has 0 radical (unpaired) electrons. The number of ketones is 2. The van der Waals surface area contributed by atoms with Crippen molar-refractivity contribution < 1.29 is 19.1 Å². The van der Waals surface area contributed by atoms with Gasteiger partial charge in [0.05, 0.1) is 25.5 Å². The highest BCUT2D eigenvalue weighted by molar-refractivity contribution is 6.30. The summed E-state index contributed by atoms with van der Waals surface area (Å²) in [5, 5.41) is 3.23. The van der Waals surface area contributed by atoms with Crippen LogP contribution in [0.4, 0.5) is 11.4 Å². The Hall–Kier alpha value is -3.60. The molecular weight excluding hydrogens is 342 g/mol. The molecule has 0 spiro atoms. The SMILES string of the molecule is COc1cccc(OC)c1Nc1cccc2c1C(=O)c1ccccc1C2=O. The number of carbonyl (C=O) groups excluding carboxylic acids is 2. The van der Waals surface area contributed by atoms with E-state index in [9.17, 15) is 9.59 Å². The Morgan fingerprint density at radius 1 is 0.667 bits per heavy atom. The van der Waals surface area contributed by atoms with Crippen molar-refractivity contribution in [1.29, 1.82) is 0 Å². The lowest BCUT2D eigenvalue weighted by atomic mass is 9.83. The van der Waals surface area contributed by atoms with Gasteiger partial charge in [-0.05, 0) is 18.2 Å². The first-order chi connectivity index (χ1) is 13.2. The zero-order valence-electron chi connectivity index (χ0n) is 14.9. The summed E-state index contributed by atoms with van der Waals surface area (Å²) in [6, 6.07) is 17.5. The van der Waals surface area contributed by atoms with Gasteiger partial charge in [-0.1, -0.05) is 42.5 Å². The normalized spacial score (nSPS) is 12.2. The first kappa shape index (κ1) is 16.8. The fourth-order valence-electron chi connectivity index (χ4n) is 3.36. The van der Waals surface area contributed by atoms with E-state index in [1.54, 1.807) is 68.8 Å². The highest BCUT2D eigenvalue weighted by Gasteiger charge is 2.31. The molecule has 0 fully saturated rings. The highest BCUT2D eigenvalue weighted by atomic mass is 16.5. The molecule has 1 aliphatic carbocycles. The maximum Gasteiger partial charge on any atom is 0.196 e. The molecule has 1 N–H and O–H groups in total. The molecular formula is C22H17NO4. The van der Waals surface area contributed by atoms with E-state index in [0.29, 0.717) is 45.1 Å². The molecule has 0 heterocycles. The van der Waals surface area contributed by atoms with Crippen LogP contribution in [-0.2, 0) is 0 Å². The Labute approximate surface area is 156 Å². The zero-order chi connectivity index (χ0) is 19.0. The quantitative estimate of drug-likeness (QED) is 0.591. The van der Waals surface area contributed by atoms with Gasteiger partial charge in [0.2, 0.25) is 0 Å². The van der Waals surface area contributed by atoms with Crippen LogP contribution in [0.1, 0.15) is 31.8 Å². The molecule has 1 aliphatic rings. The number of carbonyl (C=O) groups is 2. The summed E-state index contributed by atoms with van der Waals surface area (Å²) in [7, 11) is 3.12. The van der Waals surface area contributed by atoms with Crippen molar-refractivity contribution in [3.8, 4) is 11.5 Å². The number of hydrogen-bond donors (Lipinski definition) is 1. The fourth-order valence-corrected chi connectivity index (χ4v) is 3.36. The molecule has 4 rings (SSSR count). The van der Waals surface area contributed by atoms with Crippen LogP contribution in [0.3, 0.4) is 0 Å². The van der Waals surface area contributed by atoms with Crippen molar-refractivity contribution in [2.24, 2.45) is 0 Å². The third kappa shape index (κ3) is 2.64. The molecule has 134 valence electrons. The van der Waals surface area contributed by atoms with E-state index in [-0.39, 0.29) is 11.6 Å². The molecule has 3 aromatic carbocycles. The minimum absolute atomic E-state index is 0.157. The topological polar surface area (TPSA) is 64.6 Å². The van der Waals surface area contributed by atoms with Crippen LogP contribution in [0.5, 0.6) is 11.5 Å². The summed E-state index contributed by atoms with van der Waals surface area (Å²) in [5.74, 6) is 0.803. The van der Waals surface area contributed by atoms with E-state index in [1.165, 1.54) is 0 Å². The lowest BCUT2D eigenvalue weighted by Gasteiger charge is -2.22. The van der Waals surface area contributed by atoms with Crippen molar-refractivity contribution in [3.63, 3.8) is 0 Å². The van der Waals surface area contributed by atoms with Crippen molar-refractivity contribution in [3.05, 3.63) is 82.9 Å². The van der Waals surface area contributed by atoms with E-state index >= 15 is 0 Å². The van der Waals surface area contributed by atoms with Crippen LogP contribution in [0.2, 0.25) is 0 Å². The highest BCUT2D eigenvalue weighted by Crippen LogP contribution is 2.39. The number of hydrogen-bond acceptors (Lipinski definition) is 5. The Kier molecular flexibility index (Phi) is 4.12. The molecule has 0 unspecified atom stereocenters. The number of fused-ring (bicyclic) bond motifs is 2. The van der Waals surface area contributed by atoms with Crippen molar-refractivity contribution >= 4 is 22.9 Å². The predicted octanol–water partition coefficient (Wildman–Crippen LogP) is 4.22. The fraction of sp³-hybridized carbons (Fsp3) is 0.0909. The van der Waals surface area contributed by atoms with Gasteiger partial charge in [0.25, 0.3) is 0 Å². The lowest BCUT2D eigenvalue weighted by molar-refractivity contribution is 0.0979. The minimum atomic E-state index is -0.183. The Morgan fingerprint density at radius 3 is 1.85 bits per heavy atom. The molecule has 0 saturated carbocycles. The third-order valence-corrected chi connectivity index (χ3v) is 4.64. The van der Waals surface area contributed by atoms with Gasteiger partial charge in [0, 0.05) is 16.7 Å². The van der Waals surface area contributed by atoms with Gasteiger partial charge >= 0.3 is 0 Å². The average molecular weight is 359 g/mol. The largest absolute Gasteiger partial charge is 0.494 e. The van der Waals surface area contributed by atoms with Gasteiger partial charge in [-0.15, -0.1) is 0 Å². The monoisotopic (exact) mass is 359 g/mol. The summed E-state index contributed by atoms with van der Waals surface area (Å²) in [5.41, 5.74) is 2.71. The van der Waals surface area contributed by atoms with Gasteiger partial charge in [-0.3, -0.25) is 9.59 Å². The molecule has 0 aliphatic heterocycles. The van der Waals surface area contributed by atoms with E-state index in [0.717, 1.165) is 0 Å². The van der Waals surface area contributed by atoms with Gasteiger partial charge in [0.15, 0.2) is 11.6 Å². The van der Waals surface area contributed by atoms with E-state index in [4.69, 9.17) is 9.47 Å². The molecule has 5 nitrogen and oxygen atoms in total. The maximum absolute atomic E-state index is 13.1. The lowest BCUT2D eigenvalue weighted by Crippen LogP contribution is -2.22. The summed E-state index contributed by atoms with van der Waals surface area (Å²) < 4.78 is 10.8. The second kappa shape index (κ2) is 6.61. The summed E-state index contributed by atoms with van der Waals surface area (Å²) in [4.78, 5) is 26.0. The Balaban J connectivity index is 1.87. The second-order valence-corrected chi connectivity index (χ2v) is 6.09. The number of nitrogens with one attached hydrogen (secondary N) is 1. The Morgan fingerprint density at radius 2 is 1.22 bits per heavy atom. The first-order valence-corrected chi connectivity index (χ1v) is 8.45. The van der Waals surface area contributed by atoms with Crippen molar-refractivity contribution in [2.75, 3.05) is 19.5 Å². The van der Waals surface area contributed by atoms with Crippen molar-refractivity contribution in [1.82, 2.24) is 0 Å². The molecule has 0 bridgehead atoms. The van der Waals surface area contributed by atoms with Crippen LogP contribution in [0.15, 0.2) is 60.7 Å². The smallest absolute Gasteiger partial charge is 0.196 e. The van der Waals surface area contributed by atoms with E-state index in [2.05, 4.69) is 5.32 Å². The maximum atomic E-state index is 13.1. The number of benzene rings is 3. The number of rotatable bonds is 4. The van der Waals surface area contributed by atoms with Gasteiger partial charge in [-0.25, -0.2) is 0 Å². The van der Waals surface area contributed by atoms with Crippen molar-refractivity contribution in [2.45, 2.75) is 0 Å². The van der Waals surface area contributed by atoms with E-state index < -0.39 is 0 Å². The number of methoxy groups -OCH3 is 2.